The molecule has 4 aromatic rings. The van der Waals surface area contributed by atoms with Gasteiger partial charge in [-0.1, -0.05) is 42.8 Å². The highest BCUT2D eigenvalue weighted by molar-refractivity contribution is 6.35. The number of halogens is 1. The normalized spacial score (nSPS) is 19.4. The van der Waals surface area contributed by atoms with E-state index in [-0.39, 0.29) is 0 Å². The van der Waals surface area contributed by atoms with Crippen LogP contribution in [0.4, 0.5) is 11.8 Å². The van der Waals surface area contributed by atoms with Crippen molar-refractivity contribution < 1.29 is 0 Å². The van der Waals surface area contributed by atoms with E-state index >= 15 is 0 Å². The summed E-state index contributed by atoms with van der Waals surface area (Å²) in [5, 5.41) is 0.440. The molecule has 1 atom stereocenters. The predicted octanol–water partition coefficient (Wildman–Crippen LogP) is 5.28. The summed E-state index contributed by atoms with van der Waals surface area (Å²) in [6, 6.07) is 10.9. The second-order valence-electron chi connectivity index (χ2n) is 9.50. The quantitative estimate of drug-likeness (QED) is 0.442. The summed E-state index contributed by atoms with van der Waals surface area (Å²) in [4.78, 5) is 16.2. The zero-order chi connectivity index (χ0) is 22.7. The molecule has 1 unspecified atom stereocenters. The molecule has 0 amide bonds. The van der Waals surface area contributed by atoms with E-state index in [1.807, 2.05) is 25.4 Å². The van der Waals surface area contributed by atoms with Crippen LogP contribution in [0.5, 0.6) is 0 Å². The number of nitrogens with two attached hydrogens (primary N) is 1. The Hall–Kier alpha value is -3.12. The number of hydrogen-bond donors (Lipinski definition) is 1. The molecule has 168 valence electrons. The Labute approximate surface area is 198 Å². The average Bonchev–Trinajstić information content (AvgIpc) is 3.40. The van der Waals surface area contributed by atoms with Crippen LogP contribution in [0.3, 0.4) is 0 Å². The number of pyridine rings is 1. The molecule has 1 spiro atoms. The molecule has 4 heterocycles. The topological polar surface area (TPSA) is 72.3 Å². The first-order valence-corrected chi connectivity index (χ1v) is 11.9. The van der Waals surface area contributed by atoms with E-state index in [4.69, 9.17) is 22.3 Å². The van der Waals surface area contributed by atoms with Crippen molar-refractivity contribution in [1.29, 1.82) is 0 Å². The van der Waals surface area contributed by atoms with Crippen molar-refractivity contribution in [3.63, 3.8) is 0 Å². The van der Waals surface area contributed by atoms with Gasteiger partial charge in [0.1, 0.15) is 11.5 Å². The molecule has 1 aliphatic heterocycles. The molecular formula is C26H27ClN6. The molecule has 7 heteroatoms. The minimum Gasteiger partial charge on any atom is -0.382 e. The third-order valence-electron chi connectivity index (χ3n) is 7.92. The monoisotopic (exact) mass is 458 g/mol. The first-order chi connectivity index (χ1) is 16.0. The third kappa shape index (κ3) is 3.04. The van der Waals surface area contributed by atoms with Crippen LogP contribution < -0.4 is 10.6 Å². The molecule has 1 fully saturated rings. The van der Waals surface area contributed by atoms with Crippen LogP contribution in [0.2, 0.25) is 5.02 Å². The first kappa shape index (κ1) is 20.5. The molecule has 1 aromatic carbocycles. The maximum Gasteiger partial charge on any atom is 0.211 e. The summed E-state index contributed by atoms with van der Waals surface area (Å²) < 4.78 is 2.08. The van der Waals surface area contributed by atoms with E-state index in [0.717, 1.165) is 54.3 Å². The van der Waals surface area contributed by atoms with Crippen molar-refractivity contribution >= 4 is 29.0 Å². The predicted molar refractivity (Wildman–Crippen MR) is 133 cm³/mol. The van der Waals surface area contributed by atoms with Gasteiger partial charge in [0, 0.05) is 42.8 Å². The molecular weight excluding hydrogens is 432 g/mol. The van der Waals surface area contributed by atoms with Gasteiger partial charge in [0.15, 0.2) is 0 Å². The lowest BCUT2D eigenvalue weighted by Crippen LogP contribution is -2.43. The number of benzene rings is 1. The van der Waals surface area contributed by atoms with E-state index in [2.05, 4.69) is 50.5 Å². The molecule has 0 bridgehead atoms. The van der Waals surface area contributed by atoms with Gasteiger partial charge in [0.2, 0.25) is 5.95 Å². The fourth-order valence-electron chi connectivity index (χ4n) is 6.00. The summed E-state index contributed by atoms with van der Waals surface area (Å²) in [7, 11) is 0. The second kappa shape index (κ2) is 7.45. The van der Waals surface area contributed by atoms with Crippen LogP contribution in [-0.4, -0.2) is 32.4 Å². The lowest BCUT2D eigenvalue weighted by Gasteiger charge is -2.43. The van der Waals surface area contributed by atoms with E-state index in [0.29, 0.717) is 22.2 Å². The lowest BCUT2D eigenvalue weighted by atomic mass is 9.70. The number of anilines is 2. The van der Waals surface area contributed by atoms with E-state index < -0.39 is 0 Å². The largest absolute Gasteiger partial charge is 0.382 e. The van der Waals surface area contributed by atoms with Gasteiger partial charge in [-0.3, -0.25) is 4.40 Å². The minimum atomic E-state index is 0.315. The van der Waals surface area contributed by atoms with Gasteiger partial charge in [-0.25, -0.2) is 15.0 Å². The maximum absolute atomic E-state index is 6.51. The number of aryl methyl sites for hydroxylation is 1. The van der Waals surface area contributed by atoms with Crippen LogP contribution in [-0.2, 0) is 6.42 Å². The Balaban J connectivity index is 1.34. The number of rotatable bonds is 2. The Kier molecular flexibility index (Phi) is 4.63. The summed E-state index contributed by atoms with van der Waals surface area (Å²) in [6.45, 7) is 6.40. The smallest absolute Gasteiger partial charge is 0.211 e. The van der Waals surface area contributed by atoms with Crippen LogP contribution in [0.1, 0.15) is 42.5 Å². The Morgan fingerprint density at radius 1 is 1.09 bits per heavy atom. The molecule has 3 aromatic heterocycles. The summed E-state index contributed by atoms with van der Waals surface area (Å²) >= 11 is 6.51. The Morgan fingerprint density at radius 2 is 1.88 bits per heavy atom. The van der Waals surface area contributed by atoms with Gasteiger partial charge in [0.25, 0.3) is 0 Å². The average molecular weight is 459 g/mol. The number of fused-ring (bicyclic) bond motifs is 2. The van der Waals surface area contributed by atoms with Crippen molar-refractivity contribution in [1.82, 2.24) is 19.4 Å². The molecule has 0 radical (unpaired) electrons. The summed E-state index contributed by atoms with van der Waals surface area (Å²) in [5.41, 5.74) is 12.8. The molecule has 33 heavy (non-hydrogen) atoms. The number of nitrogens with zero attached hydrogens (tertiary/aromatic N) is 5. The first-order valence-electron chi connectivity index (χ1n) is 11.6. The SMILES string of the molecule is Cc1nc(N2CCC3(CC2)Cc2ccccc2C3C)n2ccnc2c1-c1ccnc(N)c1Cl. The van der Waals surface area contributed by atoms with Crippen molar-refractivity contribution in [2.45, 2.75) is 39.0 Å². The molecule has 1 aliphatic carbocycles. The van der Waals surface area contributed by atoms with Gasteiger partial charge >= 0.3 is 0 Å². The van der Waals surface area contributed by atoms with E-state index in [9.17, 15) is 0 Å². The summed E-state index contributed by atoms with van der Waals surface area (Å²) in [5.74, 6) is 1.86. The fraction of sp³-hybridized carbons (Fsp3) is 0.346. The fourth-order valence-corrected chi connectivity index (χ4v) is 6.21. The Morgan fingerprint density at radius 3 is 2.67 bits per heavy atom. The van der Waals surface area contributed by atoms with Crippen LogP contribution in [0, 0.1) is 12.3 Å². The van der Waals surface area contributed by atoms with Crippen LogP contribution in [0.25, 0.3) is 16.8 Å². The highest BCUT2D eigenvalue weighted by Crippen LogP contribution is 2.53. The number of nitrogen functional groups attached to an aromatic ring is 1. The number of piperidine rings is 1. The van der Waals surface area contributed by atoms with Crippen molar-refractivity contribution in [2.75, 3.05) is 23.7 Å². The van der Waals surface area contributed by atoms with E-state index in [1.54, 1.807) is 6.20 Å². The van der Waals surface area contributed by atoms with Crippen LogP contribution >= 0.6 is 11.6 Å². The molecule has 6 nitrogen and oxygen atoms in total. The molecule has 6 rings (SSSR count). The van der Waals surface area contributed by atoms with Crippen LogP contribution in [0.15, 0.2) is 48.9 Å². The Bertz CT molecular complexity index is 1370. The number of imidazole rings is 1. The van der Waals surface area contributed by atoms with Crippen molar-refractivity contribution in [3.05, 3.63) is 70.8 Å². The zero-order valence-corrected chi connectivity index (χ0v) is 19.7. The standard InChI is InChI=1S/C26H27ClN6/c1-16-19-6-4-3-5-18(19)15-26(16)8-12-32(13-9-26)25-31-17(2)21(24-30-11-14-33(24)25)20-7-10-29-23(28)22(20)27/h3-7,10-11,14,16H,8-9,12-13,15H2,1-2H3,(H2,28,29). The molecule has 2 N–H and O–H groups in total. The molecule has 0 saturated carbocycles. The van der Waals surface area contributed by atoms with E-state index in [1.165, 1.54) is 17.5 Å². The second-order valence-corrected chi connectivity index (χ2v) is 9.88. The van der Waals surface area contributed by atoms with Gasteiger partial charge in [-0.2, -0.15) is 0 Å². The minimum absolute atomic E-state index is 0.315. The highest BCUT2D eigenvalue weighted by Gasteiger charge is 2.45. The van der Waals surface area contributed by atoms with Crippen molar-refractivity contribution in [3.8, 4) is 11.1 Å². The van der Waals surface area contributed by atoms with Gasteiger partial charge in [0.05, 0.1) is 10.7 Å². The van der Waals surface area contributed by atoms with Gasteiger partial charge in [-0.15, -0.1) is 0 Å². The third-order valence-corrected chi connectivity index (χ3v) is 8.32. The number of hydrogen-bond acceptors (Lipinski definition) is 5. The van der Waals surface area contributed by atoms with Gasteiger partial charge in [-0.05, 0) is 54.7 Å². The number of aromatic nitrogens is 4. The molecule has 2 aliphatic rings. The maximum atomic E-state index is 6.51. The zero-order valence-electron chi connectivity index (χ0n) is 18.9. The van der Waals surface area contributed by atoms with Crippen molar-refractivity contribution in [2.24, 2.45) is 5.41 Å². The molecule has 1 saturated heterocycles. The highest BCUT2D eigenvalue weighted by atomic mass is 35.5. The lowest BCUT2D eigenvalue weighted by molar-refractivity contribution is 0.193. The summed E-state index contributed by atoms with van der Waals surface area (Å²) in [6.07, 6.45) is 8.99. The van der Waals surface area contributed by atoms with Gasteiger partial charge < -0.3 is 10.6 Å².